The fourth-order valence-electron chi connectivity index (χ4n) is 1.86. The van der Waals surface area contributed by atoms with Crippen molar-refractivity contribution in [1.82, 2.24) is 9.97 Å². The molecule has 0 radical (unpaired) electrons. The summed E-state index contributed by atoms with van der Waals surface area (Å²) in [6.07, 6.45) is 0. The minimum Gasteiger partial charge on any atom is -0.340 e. The highest BCUT2D eigenvalue weighted by molar-refractivity contribution is 9.10. The van der Waals surface area contributed by atoms with Crippen LogP contribution in [0.1, 0.15) is 50.9 Å². The van der Waals surface area contributed by atoms with Crippen LogP contribution in [-0.4, -0.2) is 9.97 Å². The predicted molar refractivity (Wildman–Crippen MR) is 87.6 cm³/mol. The van der Waals surface area contributed by atoms with E-state index in [2.05, 4.69) is 83.2 Å². The molecule has 0 amide bonds. The molecule has 0 unspecified atom stereocenters. The minimum atomic E-state index is 0.302. The standard InChI is InChI=1S/C16H20BrN3/c1-10(2)12-5-7-13(8-6-12)18-15-9-14(17)19-16(20-15)11(3)4/h5-11H,1-4H3,(H,18,19,20). The molecule has 0 saturated carbocycles. The fourth-order valence-corrected chi connectivity index (χ4v) is 2.26. The zero-order valence-corrected chi connectivity index (χ0v) is 13.9. The highest BCUT2D eigenvalue weighted by Crippen LogP contribution is 2.22. The number of halogens is 1. The normalized spacial score (nSPS) is 11.2. The SMILES string of the molecule is CC(C)c1ccc(Nc2cc(Br)nc(C(C)C)n2)cc1. The summed E-state index contributed by atoms with van der Waals surface area (Å²) in [5.74, 6) is 2.50. The van der Waals surface area contributed by atoms with Gasteiger partial charge in [-0.1, -0.05) is 39.8 Å². The molecule has 4 heteroatoms. The lowest BCUT2D eigenvalue weighted by Crippen LogP contribution is -2.02. The Morgan fingerprint density at radius 3 is 2.15 bits per heavy atom. The van der Waals surface area contributed by atoms with Gasteiger partial charge in [0.2, 0.25) is 0 Å². The van der Waals surface area contributed by atoms with Gasteiger partial charge in [0.05, 0.1) is 0 Å². The molecule has 1 heterocycles. The molecule has 0 bridgehead atoms. The van der Waals surface area contributed by atoms with E-state index in [4.69, 9.17) is 0 Å². The Hall–Kier alpha value is -1.42. The van der Waals surface area contributed by atoms with E-state index in [9.17, 15) is 0 Å². The first-order valence-electron chi connectivity index (χ1n) is 6.87. The van der Waals surface area contributed by atoms with Gasteiger partial charge < -0.3 is 5.32 Å². The molecule has 20 heavy (non-hydrogen) atoms. The Bertz CT molecular complexity index is 577. The molecule has 0 atom stereocenters. The van der Waals surface area contributed by atoms with E-state index in [0.29, 0.717) is 11.8 Å². The van der Waals surface area contributed by atoms with E-state index in [-0.39, 0.29) is 0 Å². The lowest BCUT2D eigenvalue weighted by atomic mass is 10.0. The van der Waals surface area contributed by atoms with Crippen LogP contribution in [0.15, 0.2) is 34.9 Å². The molecule has 0 aliphatic heterocycles. The summed E-state index contributed by atoms with van der Waals surface area (Å²) in [7, 11) is 0. The lowest BCUT2D eigenvalue weighted by Gasteiger charge is -2.11. The second-order valence-electron chi connectivity index (χ2n) is 5.49. The van der Waals surface area contributed by atoms with Gasteiger partial charge in [0.1, 0.15) is 16.2 Å². The molecule has 0 fully saturated rings. The Labute approximate surface area is 129 Å². The van der Waals surface area contributed by atoms with Crippen molar-refractivity contribution in [3.63, 3.8) is 0 Å². The molecule has 0 aliphatic carbocycles. The van der Waals surface area contributed by atoms with Gasteiger partial charge in [-0.05, 0) is 39.5 Å². The summed E-state index contributed by atoms with van der Waals surface area (Å²) in [6.45, 7) is 8.56. The molecule has 1 N–H and O–H groups in total. The number of aromatic nitrogens is 2. The van der Waals surface area contributed by atoms with Crippen molar-refractivity contribution in [3.05, 3.63) is 46.3 Å². The van der Waals surface area contributed by atoms with Crippen LogP contribution < -0.4 is 5.32 Å². The van der Waals surface area contributed by atoms with Crippen molar-refractivity contribution >= 4 is 27.4 Å². The van der Waals surface area contributed by atoms with Gasteiger partial charge in [0, 0.05) is 17.7 Å². The predicted octanol–water partition coefficient (Wildman–Crippen LogP) is 5.23. The monoisotopic (exact) mass is 333 g/mol. The number of nitrogens with one attached hydrogen (secondary N) is 1. The molecule has 2 aromatic rings. The third-order valence-electron chi connectivity index (χ3n) is 3.08. The van der Waals surface area contributed by atoms with Crippen LogP contribution in [0.2, 0.25) is 0 Å². The van der Waals surface area contributed by atoms with Crippen molar-refractivity contribution < 1.29 is 0 Å². The quantitative estimate of drug-likeness (QED) is 0.778. The molecule has 2 rings (SSSR count). The highest BCUT2D eigenvalue weighted by Gasteiger charge is 2.07. The minimum absolute atomic E-state index is 0.302. The van der Waals surface area contributed by atoms with Crippen LogP contribution in [0.5, 0.6) is 0 Å². The number of nitrogens with zero attached hydrogens (tertiary/aromatic N) is 2. The number of benzene rings is 1. The molecule has 106 valence electrons. The number of hydrogen-bond acceptors (Lipinski definition) is 3. The van der Waals surface area contributed by atoms with Gasteiger partial charge in [-0.15, -0.1) is 0 Å². The van der Waals surface area contributed by atoms with Crippen molar-refractivity contribution in [2.75, 3.05) is 5.32 Å². The Morgan fingerprint density at radius 2 is 1.60 bits per heavy atom. The first-order valence-corrected chi connectivity index (χ1v) is 7.66. The third-order valence-corrected chi connectivity index (χ3v) is 3.48. The maximum absolute atomic E-state index is 4.53. The second kappa shape index (κ2) is 6.35. The fraction of sp³-hybridized carbons (Fsp3) is 0.375. The van der Waals surface area contributed by atoms with Gasteiger partial charge >= 0.3 is 0 Å². The van der Waals surface area contributed by atoms with Crippen LogP contribution in [0.3, 0.4) is 0 Å². The largest absolute Gasteiger partial charge is 0.340 e. The van der Waals surface area contributed by atoms with Gasteiger partial charge in [-0.2, -0.15) is 0 Å². The highest BCUT2D eigenvalue weighted by atomic mass is 79.9. The van der Waals surface area contributed by atoms with E-state index in [1.54, 1.807) is 0 Å². The molecule has 1 aromatic heterocycles. The van der Waals surface area contributed by atoms with E-state index in [1.165, 1.54) is 5.56 Å². The molecule has 0 saturated heterocycles. The van der Waals surface area contributed by atoms with Gasteiger partial charge in [-0.3, -0.25) is 0 Å². The molecule has 0 aliphatic rings. The summed E-state index contributed by atoms with van der Waals surface area (Å²) in [5, 5.41) is 3.33. The van der Waals surface area contributed by atoms with Crippen molar-refractivity contribution in [1.29, 1.82) is 0 Å². The smallest absolute Gasteiger partial charge is 0.135 e. The zero-order valence-electron chi connectivity index (χ0n) is 12.3. The average Bonchev–Trinajstić information content (AvgIpc) is 2.38. The molecular formula is C16H20BrN3. The molecular weight excluding hydrogens is 314 g/mol. The van der Waals surface area contributed by atoms with E-state index < -0.39 is 0 Å². The summed E-state index contributed by atoms with van der Waals surface area (Å²) in [6, 6.07) is 10.3. The van der Waals surface area contributed by atoms with Crippen LogP contribution in [0, 0.1) is 0 Å². The van der Waals surface area contributed by atoms with Crippen LogP contribution in [-0.2, 0) is 0 Å². The first-order chi connectivity index (χ1) is 9.45. The van der Waals surface area contributed by atoms with Crippen LogP contribution in [0.25, 0.3) is 0 Å². The van der Waals surface area contributed by atoms with Gasteiger partial charge in [-0.25, -0.2) is 9.97 Å². The van der Waals surface area contributed by atoms with Crippen molar-refractivity contribution in [3.8, 4) is 0 Å². The van der Waals surface area contributed by atoms with Crippen molar-refractivity contribution in [2.45, 2.75) is 39.5 Å². The topological polar surface area (TPSA) is 37.8 Å². The maximum atomic E-state index is 4.53. The van der Waals surface area contributed by atoms with Crippen LogP contribution >= 0.6 is 15.9 Å². The average molecular weight is 334 g/mol. The lowest BCUT2D eigenvalue weighted by molar-refractivity contribution is 0.771. The third kappa shape index (κ3) is 3.79. The van der Waals surface area contributed by atoms with E-state index in [1.807, 2.05) is 6.07 Å². The number of hydrogen-bond donors (Lipinski definition) is 1. The first kappa shape index (κ1) is 15.0. The van der Waals surface area contributed by atoms with Gasteiger partial charge in [0.25, 0.3) is 0 Å². The Kier molecular flexibility index (Phi) is 4.76. The van der Waals surface area contributed by atoms with Crippen LogP contribution in [0.4, 0.5) is 11.5 Å². The zero-order chi connectivity index (χ0) is 14.7. The Balaban J connectivity index is 2.21. The summed E-state index contributed by atoms with van der Waals surface area (Å²) >= 11 is 3.43. The summed E-state index contributed by atoms with van der Waals surface area (Å²) in [5.41, 5.74) is 2.37. The number of rotatable bonds is 4. The summed E-state index contributed by atoms with van der Waals surface area (Å²) < 4.78 is 0.803. The van der Waals surface area contributed by atoms with Gasteiger partial charge in [0.15, 0.2) is 0 Å². The van der Waals surface area contributed by atoms with E-state index >= 15 is 0 Å². The van der Waals surface area contributed by atoms with E-state index in [0.717, 1.165) is 21.9 Å². The molecule has 3 nitrogen and oxygen atoms in total. The van der Waals surface area contributed by atoms with Crippen molar-refractivity contribution in [2.24, 2.45) is 0 Å². The summed E-state index contributed by atoms with van der Waals surface area (Å²) in [4.78, 5) is 8.91. The molecule has 0 spiro atoms. The second-order valence-corrected chi connectivity index (χ2v) is 6.30. The molecule has 1 aromatic carbocycles. The maximum Gasteiger partial charge on any atom is 0.135 e. The number of anilines is 2. The Morgan fingerprint density at radius 1 is 0.950 bits per heavy atom.